The van der Waals surface area contributed by atoms with Crippen LogP contribution in [-0.2, 0) is 9.59 Å². The molecule has 9 atom stereocenters. The molecule has 0 aromatic carbocycles. The lowest BCUT2D eigenvalue weighted by Gasteiger charge is -2.60. The van der Waals surface area contributed by atoms with E-state index in [0.717, 1.165) is 44.9 Å². The van der Waals surface area contributed by atoms with Gasteiger partial charge in [0.05, 0.1) is 6.10 Å². The van der Waals surface area contributed by atoms with Crippen LogP contribution in [0, 0.1) is 46.3 Å². The van der Waals surface area contributed by atoms with Gasteiger partial charge in [-0.25, -0.2) is 0 Å². The molecule has 28 heavy (non-hydrogen) atoms. The highest BCUT2D eigenvalue weighted by molar-refractivity contribution is 5.83. The van der Waals surface area contributed by atoms with Crippen molar-refractivity contribution in [3.63, 3.8) is 0 Å². The number of rotatable bonds is 4. The maximum Gasteiger partial charge on any atom is 0.303 e. The van der Waals surface area contributed by atoms with Crippen molar-refractivity contribution in [2.45, 2.75) is 91.1 Å². The van der Waals surface area contributed by atoms with E-state index in [1.54, 1.807) is 0 Å². The van der Waals surface area contributed by atoms with Crippen molar-refractivity contribution in [3.8, 4) is 0 Å². The van der Waals surface area contributed by atoms with Gasteiger partial charge >= 0.3 is 5.97 Å². The molecule has 4 nitrogen and oxygen atoms in total. The standard InChI is InChI=1S/C24H38O4/c1-14(4-7-21(27)28)17-5-6-18-22-19(9-11-24(17,18)3)23(2)10-8-16(25)12-15(23)13-20(22)26/h14-19,22,25H,4-13H2,1-3H3,(H,27,28)/t14?,15?,16?,17?,18?,19?,22?,23-,24+/m0/s1. The second-order valence-corrected chi connectivity index (χ2v) is 11.2. The third-order valence-electron chi connectivity index (χ3n) is 10.0. The van der Waals surface area contributed by atoms with Gasteiger partial charge in [0.2, 0.25) is 0 Å². The van der Waals surface area contributed by atoms with Gasteiger partial charge in [0.15, 0.2) is 0 Å². The van der Waals surface area contributed by atoms with Crippen LogP contribution in [0.5, 0.6) is 0 Å². The lowest BCUT2D eigenvalue weighted by Crippen LogP contribution is -2.57. The molecule has 0 aliphatic heterocycles. The van der Waals surface area contributed by atoms with Crippen molar-refractivity contribution >= 4 is 11.8 Å². The van der Waals surface area contributed by atoms with Crippen molar-refractivity contribution in [1.82, 2.24) is 0 Å². The number of hydrogen-bond acceptors (Lipinski definition) is 3. The lowest BCUT2D eigenvalue weighted by atomic mass is 9.44. The summed E-state index contributed by atoms with van der Waals surface area (Å²) in [5.74, 6) is 2.25. The molecular weight excluding hydrogens is 352 g/mol. The van der Waals surface area contributed by atoms with Crippen LogP contribution in [0.2, 0.25) is 0 Å². The highest BCUT2D eigenvalue weighted by Crippen LogP contribution is 2.67. The number of carbonyl (C=O) groups excluding carboxylic acids is 1. The summed E-state index contributed by atoms with van der Waals surface area (Å²) in [5, 5.41) is 19.3. The minimum absolute atomic E-state index is 0.187. The van der Waals surface area contributed by atoms with Crippen LogP contribution in [0.25, 0.3) is 0 Å². The van der Waals surface area contributed by atoms with E-state index in [-0.39, 0.29) is 29.3 Å². The highest BCUT2D eigenvalue weighted by atomic mass is 16.4. The zero-order chi connectivity index (χ0) is 20.3. The van der Waals surface area contributed by atoms with E-state index < -0.39 is 5.97 Å². The fourth-order valence-corrected chi connectivity index (χ4v) is 8.44. The van der Waals surface area contributed by atoms with Gasteiger partial charge in [-0.2, -0.15) is 0 Å². The van der Waals surface area contributed by atoms with Crippen LogP contribution < -0.4 is 0 Å². The molecule has 4 rings (SSSR count). The number of carboxylic acid groups (broad SMARTS) is 1. The number of ketones is 1. The van der Waals surface area contributed by atoms with Gasteiger partial charge in [0, 0.05) is 18.8 Å². The topological polar surface area (TPSA) is 74.6 Å². The fraction of sp³-hybridized carbons (Fsp3) is 0.917. The summed E-state index contributed by atoms with van der Waals surface area (Å²) in [6, 6.07) is 0. The first-order valence-corrected chi connectivity index (χ1v) is 11.6. The lowest BCUT2D eigenvalue weighted by molar-refractivity contribution is -0.160. The number of hydrogen-bond donors (Lipinski definition) is 2. The van der Waals surface area contributed by atoms with E-state index >= 15 is 0 Å². The van der Waals surface area contributed by atoms with Gasteiger partial charge in [-0.1, -0.05) is 20.8 Å². The number of aliphatic hydroxyl groups excluding tert-OH is 1. The number of aliphatic carboxylic acids is 1. The van der Waals surface area contributed by atoms with Gasteiger partial charge in [-0.15, -0.1) is 0 Å². The monoisotopic (exact) mass is 390 g/mol. The largest absolute Gasteiger partial charge is 0.481 e. The van der Waals surface area contributed by atoms with Crippen LogP contribution >= 0.6 is 0 Å². The van der Waals surface area contributed by atoms with Gasteiger partial charge in [0.1, 0.15) is 5.78 Å². The van der Waals surface area contributed by atoms with Crippen molar-refractivity contribution < 1.29 is 19.8 Å². The van der Waals surface area contributed by atoms with Gasteiger partial charge in [0.25, 0.3) is 0 Å². The summed E-state index contributed by atoms with van der Waals surface area (Å²) < 4.78 is 0. The summed E-state index contributed by atoms with van der Waals surface area (Å²) in [6.45, 7) is 7.06. The maximum atomic E-state index is 13.3. The predicted octanol–water partition coefficient (Wildman–Crippen LogP) is 4.69. The smallest absolute Gasteiger partial charge is 0.303 e. The third kappa shape index (κ3) is 3.05. The Morgan fingerprint density at radius 1 is 1.11 bits per heavy atom. The van der Waals surface area contributed by atoms with Crippen LogP contribution in [0.4, 0.5) is 0 Å². The molecule has 4 saturated carbocycles. The molecule has 4 aliphatic rings. The van der Waals surface area contributed by atoms with Crippen molar-refractivity contribution in [2.75, 3.05) is 0 Å². The zero-order valence-corrected chi connectivity index (χ0v) is 17.8. The molecule has 158 valence electrons. The summed E-state index contributed by atoms with van der Waals surface area (Å²) in [6.07, 6.45) is 8.81. The second-order valence-electron chi connectivity index (χ2n) is 11.2. The quantitative estimate of drug-likeness (QED) is 0.730. The van der Waals surface area contributed by atoms with E-state index in [2.05, 4.69) is 20.8 Å². The molecule has 4 fully saturated rings. The van der Waals surface area contributed by atoms with Crippen LogP contribution in [0.1, 0.15) is 85.0 Å². The number of carbonyl (C=O) groups is 2. The Hall–Kier alpha value is -0.900. The SMILES string of the molecule is CC(CCC(=O)O)C1CCC2C3C(=O)CC4CC(O)CC[C@]4(C)C3CC[C@]12C. The first-order chi connectivity index (χ1) is 13.2. The molecule has 0 aromatic rings. The van der Waals surface area contributed by atoms with Crippen LogP contribution in [-0.4, -0.2) is 28.1 Å². The summed E-state index contributed by atoms with van der Waals surface area (Å²) in [7, 11) is 0. The molecular formula is C24H38O4. The predicted molar refractivity (Wildman–Crippen MR) is 108 cm³/mol. The van der Waals surface area contributed by atoms with E-state index in [1.807, 2.05) is 0 Å². The molecule has 4 aliphatic carbocycles. The van der Waals surface area contributed by atoms with E-state index in [4.69, 9.17) is 5.11 Å². The van der Waals surface area contributed by atoms with Gasteiger partial charge in [-0.3, -0.25) is 9.59 Å². The van der Waals surface area contributed by atoms with E-state index in [0.29, 0.717) is 41.8 Å². The number of carboxylic acids is 1. The molecule has 0 radical (unpaired) electrons. The van der Waals surface area contributed by atoms with Gasteiger partial charge in [-0.05, 0) is 91.8 Å². The number of fused-ring (bicyclic) bond motifs is 5. The molecule has 2 N–H and O–H groups in total. The zero-order valence-electron chi connectivity index (χ0n) is 17.8. The average Bonchev–Trinajstić information content (AvgIpc) is 2.98. The fourth-order valence-electron chi connectivity index (χ4n) is 8.44. The molecule has 0 heterocycles. The Kier molecular flexibility index (Phi) is 5.17. The average molecular weight is 391 g/mol. The first kappa shape index (κ1) is 20.4. The van der Waals surface area contributed by atoms with Crippen LogP contribution in [0.3, 0.4) is 0 Å². The Bertz CT molecular complexity index is 645. The van der Waals surface area contributed by atoms with E-state index in [9.17, 15) is 14.7 Å². The molecule has 0 bridgehead atoms. The van der Waals surface area contributed by atoms with Crippen LogP contribution in [0.15, 0.2) is 0 Å². The van der Waals surface area contributed by atoms with Crippen molar-refractivity contribution in [3.05, 3.63) is 0 Å². The molecule has 4 heteroatoms. The molecule has 0 saturated heterocycles. The molecule has 0 spiro atoms. The summed E-state index contributed by atoms with van der Waals surface area (Å²) >= 11 is 0. The van der Waals surface area contributed by atoms with Crippen molar-refractivity contribution in [1.29, 1.82) is 0 Å². The minimum atomic E-state index is -0.698. The Balaban J connectivity index is 1.56. The second kappa shape index (κ2) is 7.11. The third-order valence-corrected chi connectivity index (χ3v) is 10.0. The summed E-state index contributed by atoms with van der Waals surface area (Å²) in [5.41, 5.74) is 0.401. The van der Waals surface area contributed by atoms with Crippen molar-refractivity contribution in [2.24, 2.45) is 46.3 Å². The minimum Gasteiger partial charge on any atom is -0.481 e. The summed E-state index contributed by atoms with van der Waals surface area (Å²) in [4.78, 5) is 24.4. The normalized spacial score (nSPS) is 49.1. The first-order valence-electron chi connectivity index (χ1n) is 11.6. The number of aliphatic hydroxyl groups is 1. The highest BCUT2D eigenvalue weighted by Gasteiger charge is 2.62. The van der Waals surface area contributed by atoms with Gasteiger partial charge < -0.3 is 10.2 Å². The Morgan fingerprint density at radius 2 is 1.79 bits per heavy atom. The Labute approximate surface area is 169 Å². The maximum absolute atomic E-state index is 13.3. The Morgan fingerprint density at radius 3 is 2.50 bits per heavy atom. The van der Waals surface area contributed by atoms with E-state index in [1.165, 1.54) is 6.42 Å². The molecule has 0 aromatic heterocycles. The molecule has 7 unspecified atom stereocenters. The number of Topliss-reactive ketones (excluding diaryl/α,β-unsaturated/α-hetero) is 1. The molecule has 0 amide bonds.